The largest absolute Gasteiger partial charge is 0.478 e. The molecule has 3 nitrogen and oxygen atoms in total. The van der Waals surface area contributed by atoms with E-state index in [2.05, 4.69) is 0 Å². The van der Waals surface area contributed by atoms with Crippen LogP contribution in [0.5, 0.6) is 0 Å². The van der Waals surface area contributed by atoms with Crippen molar-refractivity contribution < 1.29 is 14.3 Å². The highest BCUT2D eigenvalue weighted by molar-refractivity contribution is 5.85. The summed E-state index contributed by atoms with van der Waals surface area (Å²) in [6.07, 6.45) is 5.96. The highest BCUT2D eigenvalue weighted by atomic mass is 16.4. The van der Waals surface area contributed by atoms with Crippen LogP contribution < -0.4 is 0 Å². The maximum Gasteiger partial charge on any atom is 0.328 e. The molecule has 0 fully saturated rings. The van der Waals surface area contributed by atoms with Crippen LogP contribution in [0.2, 0.25) is 0 Å². The van der Waals surface area contributed by atoms with Crippen molar-refractivity contribution in [3.8, 4) is 11.1 Å². The summed E-state index contributed by atoms with van der Waals surface area (Å²) in [5.74, 6) is -0.945. The van der Waals surface area contributed by atoms with Gasteiger partial charge in [0, 0.05) is 11.6 Å². The second kappa shape index (κ2) is 4.49. The van der Waals surface area contributed by atoms with E-state index in [1.165, 1.54) is 0 Å². The lowest BCUT2D eigenvalue weighted by Gasteiger charge is -1.97. The van der Waals surface area contributed by atoms with Gasteiger partial charge < -0.3 is 9.52 Å². The van der Waals surface area contributed by atoms with E-state index in [1.807, 2.05) is 30.3 Å². The summed E-state index contributed by atoms with van der Waals surface area (Å²) in [6.45, 7) is 0. The molecule has 1 aromatic carbocycles. The van der Waals surface area contributed by atoms with Gasteiger partial charge in [0.15, 0.2) is 0 Å². The number of hydrogen-bond acceptors (Lipinski definition) is 2. The van der Waals surface area contributed by atoms with E-state index in [0.29, 0.717) is 0 Å². The minimum Gasteiger partial charge on any atom is -0.478 e. The maximum atomic E-state index is 10.3. The Kier molecular flexibility index (Phi) is 2.87. The lowest BCUT2D eigenvalue weighted by Crippen LogP contribution is -1.85. The van der Waals surface area contributed by atoms with Gasteiger partial charge in [0.05, 0.1) is 12.5 Å². The van der Waals surface area contributed by atoms with Crippen LogP contribution >= 0.6 is 0 Å². The highest BCUT2D eigenvalue weighted by Gasteiger charge is 1.97. The fraction of sp³-hybridized carbons (Fsp3) is 0. The third-order valence-electron chi connectivity index (χ3n) is 2.18. The van der Waals surface area contributed by atoms with Crippen LogP contribution in [-0.2, 0) is 4.79 Å². The molecule has 0 unspecified atom stereocenters. The third-order valence-corrected chi connectivity index (χ3v) is 2.18. The minimum absolute atomic E-state index is 0.856. The third kappa shape index (κ3) is 2.39. The molecule has 3 heteroatoms. The molecule has 0 aliphatic carbocycles. The number of carboxylic acids is 1. The molecule has 16 heavy (non-hydrogen) atoms. The van der Waals surface area contributed by atoms with Crippen LogP contribution in [0.1, 0.15) is 5.56 Å². The molecule has 80 valence electrons. The Morgan fingerprint density at radius 3 is 2.44 bits per heavy atom. The lowest BCUT2D eigenvalue weighted by atomic mass is 10.1. The van der Waals surface area contributed by atoms with Crippen molar-refractivity contribution in [2.24, 2.45) is 0 Å². The molecule has 0 radical (unpaired) electrons. The van der Waals surface area contributed by atoms with E-state index in [1.54, 1.807) is 18.6 Å². The second-order valence-corrected chi connectivity index (χ2v) is 3.31. The first-order chi connectivity index (χ1) is 7.75. The Hall–Kier alpha value is -2.29. The number of aliphatic carboxylic acids is 1. The SMILES string of the molecule is O=C(O)/C=C/c1ccc(-c2ccoc2)cc1. The second-order valence-electron chi connectivity index (χ2n) is 3.31. The fourth-order valence-corrected chi connectivity index (χ4v) is 1.38. The monoisotopic (exact) mass is 214 g/mol. The molecule has 1 aromatic heterocycles. The van der Waals surface area contributed by atoms with Gasteiger partial charge in [0.2, 0.25) is 0 Å². The molecule has 0 aliphatic rings. The van der Waals surface area contributed by atoms with E-state index in [4.69, 9.17) is 9.52 Å². The Morgan fingerprint density at radius 2 is 1.88 bits per heavy atom. The topological polar surface area (TPSA) is 50.4 Å². The zero-order chi connectivity index (χ0) is 11.4. The molecule has 0 amide bonds. The zero-order valence-corrected chi connectivity index (χ0v) is 8.46. The number of hydrogen-bond donors (Lipinski definition) is 1. The van der Waals surface area contributed by atoms with Crippen molar-refractivity contribution in [3.63, 3.8) is 0 Å². The molecule has 0 atom stereocenters. The van der Waals surface area contributed by atoms with Crippen LogP contribution in [0.25, 0.3) is 17.2 Å². The van der Waals surface area contributed by atoms with Gasteiger partial charge in [-0.1, -0.05) is 24.3 Å². The average molecular weight is 214 g/mol. The Balaban J connectivity index is 2.20. The standard InChI is InChI=1S/C13H10O3/c14-13(15)6-3-10-1-4-11(5-2-10)12-7-8-16-9-12/h1-9H,(H,14,15)/b6-3+. The summed E-state index contributed by atoms with van der Waals surface area (Å²) < 4.78 is 4.99. The highest BCUT2D eigenvalue weighted by Crippen LogP contribution is 2.20. The molecule has 0 bridgehead atoms. The predicted molar refractivity (Wildman–Crippen MR) is 60.8 cm³/mol. The van der Waals surface area contributed by atoms with Crippen LogP contribution in [-0.4, -0.2) is 11.1 Å². The molecule has 0 spiro atoms. The molecule has 2 rings (SSSR count). The van der Waals surface area contributed by atoms with Crippen molar-refractivity contribution in [1.29, 1.82) is 0 Å². The summed E-state index contributed by atoms with van der Waals surface area (Å²) in [7, 11) is 0. The molecule has 0 saturated heterocycles. The quantitative estimate of drug-likeness (QED) is 0.799. The fourth-order valence-electron chi connectivity index (χ4n) is 1.38. The smallest absolute Gasteiger partial charge is 0.328 e. The van der Waals surface area contributed by atoms with Crippen molar-refractivity contribution in [2.45, 2.75) is 0 Å². The minimum atomic E-state index is -0.945. The van der Waals surface area contributed by atoms with Gasteiger partial charge in [-0.25, -0.2) is 4.79 Å². The van der Waals surface area contributed by atoms with E-state index in [0.717, 1.165) is 22.8 Å². The average Bonchev–Trinajstić information content (AvgIpc) is 2.80. The van der Waals surface area contributed by atoms with Gasteiger partial charge in [0.1, 0.15) is 0 Å². The number of benzene rings is 1. The molecular weight excluding hydrogens is 204 g/mol. The Morgan fingerprint density at radius 1 is 1.12 bits per heavy atom. The first kappa shape index (κ1) is 10.2. The maximum absolute atomic E-state index is 10.3. The van der Waals surface area contributed by atoms with E-state index >= 15 is 0 Å². The summed E-state index contributed by atoms with van der Waals surface area (Å²) in [6, 6.07) is 9.45. The number of carbonyl (C=O) groups is 1. The predicted octanol–water partition coefficient (Wildman–Crippen LogP) is 3.04. The van der Waals surface area contributed by atoms with Gasteiger partial charge in [-0.3, -0.25) is 0 Å². The zero-order valence-electron chi connectivity index (χ0n) is 8.46. The summed E-state index contributed by atoms with van der Waals surface area (Å²) in [5, 5.41) is 8.48. The van der Waals surface area contributed by atoms with Crippen molar-refractivity contribution in [3.05, 3.63) is 54.5 Å². The van der Waals surface area contributed by atoms with Gasteiger partial charge in [-0.2, -0.15) is 0 Å². The Labute approximate surface area is 92.6 Å². The molecule has 1 N–H and O–H groups in total. The van der Waals surface area contributed by atoms with Gasteiger partial charge in [-0.05, 0) is 23.3 Å². The van der Waals surface area contributed by atoms with Crippen LogP contribution in [0, 0.1) is 0 Å². The summed E-state index contributed by atoms with van der Waals surface area (Å²) in [4.78, 5) is 10.3. The van der Waals surface area contributed by atoms with Crippen LogP contribution in [0.15, 0.2) is 53.4 Å². The normalized spacial score (nSPS) is 10.8. The number of rotatable bonds is 3. The van der Waals surface area contributed by atoms with Gasteiger partial charge >= 0.3 is 5.97 Å². The number of carboxylic acid groups (broad SMARTS) is 1. The first-order valence-corrected chi connectivity index (χ1v) is 4.79. The summed E-state index contributed by atoms with van der Waals surface area (Å²) in [5.41, 5.74) is 2.91. The van der Waals surface area contributed by atoms with E-state index in [-0.39, 0.29) is 0 Å². The van der Waals surface area contributed by atoms with E-state index < -0.39 is 5.97 Å². The van der Waals surface area contributed by atoms with Gasteiger partial charge in [-0.15, -0.1) is 0 Å². The number of furan rings is 1. The van der Waals surface area contributed by atoms with E-state index in [9.17, 15) is 4.79 Å². The summed E-state index contributed by atoms with van der Waals surface area (Å²) >= 11 is 0. The van der Waals surface area contributed by atoms with Crippen LogP contribution in [0.4, 0.5) is 0 Å². The van der Waals surface area contributed by atoms with Crippen molar-refractivity contribution in [1.82, 2.24) is 0 Å². The molecule has 0 saturated carbocycles. The van der Waals surface area contributed by atoms with Crippen molar-refractivity contribution in [2.75, 3.05) is 0 Å². The van der Waals surface area contributed by atoms with Gasteiger partial charge in [0.25, 0.3) is 0 Å². The lowest BCUT2D eigenvalue weighted by molar-refractivity contribution is -0.131. The van der Waals surface area contributed by atoms with Crippen LogP contribution in [0.3, 0.4) is 0 Å². The van der Waals surface area contributed by atoms with Crippen molar-refractivity contribution >= 4 is 12.0 Å². The molecule has 0 aliphatic heterocycles. The molecule has 1 heterocycles. The Bertz CT molecular complexity index is 492. The first-order valence-electron chi connectivity index (χ1n) is 4.79. The molecule has 2 aromatic rings. The molecular formula is C13H10O3.